The van der Waals surface area contributed by atoms with Crippen LogP contribution in [0.3, 0.4) is 0 Å². The van der Waals surface area contributed by atoms with Gasteiger partial charge in [0.2, 0.25) is 0 Å². The first-order valence-electron chi connectivity index (χ1n) is 12.1. The number of carboxylic acids is 1. The number of anilines is 1. The number of ether oxygens (including phenoxy) is 1. The van der Waals surface area contributed by atoms with Crippen molar-refractivity contribution in [3.05, 3.63) is 96.2 Å². The number of nitrogens with zero attached hydrogens (tertiary/aromatic N) is 1. The van der Waals surface area contributed by atoms with Gasteiger partial charge in [-0.05, 0) is 55.9 Å². The van der Waals surface area contributed by atoms with Crippen molar-refractivity contribution < 1.29 is 24.0 Å². The van der Waals surface area contributed by atoms with Crippen molar-refractivity contribution in [3.8, 4) is 22.5 Å². The van der Waals surface area contributed by atoms with Crippen molar-refractivity contribution >= 4 is 17.7 Å². The van der Waals surface area contributed by atoms with Gasteiger partial charge in [-0.15, -0.1) is 0 Å². The normalized spacial score (nSPS) is 15.3. The summed E-state index contributed by atoms with van der Waals surface area (Å²) in [7, 11) is 0. The van der Waals surface area contributed by atoms with Gasteiger partial charge in [0.15, 0.2) is 5.76 Å². The van der Waals surface area contributed by atoms with E-state index in [4.69, 9.17) is 9.26 Å². The second-order valence-corrected chi connectivity index (χ2v) is 9.09. The van der Waals surface area contributed by atoms with Crippen LogP contribution < -0.4 is 5.32 Å². The van der Waals surface area contributed by atoms with Crippen molar-refractivity contribution in [2.24, 2.45) is 0 Å². The largest absolute Gasteiger partial charge is 0.481 e. The molecule has 1 heterocycles. The first-order valence-corrected chi connectivity index (χ1v) is 12.1. The Morgan fingerprint density at radius 2 is 1.70 bits per heavy atom. The molecule has 1 atom stereocenters. The molecule has 2 N–H and O–H groups in total. The topological polar surface area (TPSA) is 102 Å². The third kappa shape index (κ3) is 5.40. The smallest absolute Gasteiger partial charge is 0.412 e. The number of aryl methyl sites for hydroxylation is 1. The van der Waals surface area contributed by atoms with Gasteiger partial charge in [-0.25, -0.2) is 4.79 Å². The zero-order valence-electron chi connectivity index (χ0n) is 21.2. The highest BCUT2D eigenvalue weighted by atomic mass is 16.6. The molecule has 0 saturated heterocycles. The van der Waals surface area contributed by atoms with Gasteiger partial charge < -0.3 is 14.4 Å². The zero-order valence-corrected chi connectivity index (χ0v) is 21.2. The molecular formula is C30H30N2O5. The van der Waals surface area contributed by atoms with Gasteiger partial charge >= 0.3 is 12.1 Å². The lowest BCUT2D eigenvalue weighted by Gasteiger charge is -2.15. The zero-order chi connectivity index (χ0) is 26.6. The minimum Gasteiger partial charge on any atom is -0.481 e. The fraction of sp³-hybridized carbons (Fsp3) is 0.233. The molecule has 1 aliphatic rings. The van der Waals surface area contributed by atoms with Crippen LogP contribution in [0, 0.1) is 6.92 Å². The maximum atomic E-state index is 12.6. The lowest BCUT2D eigenvalue weighted by Crippen LogP contribution is -2.21. The van der Waals surface area contributed by atoms with Gasteiger partial charge in [0.05, 0.1) is 5.41 Å². The molecule has 0 bridgehead atoms. The maximum absolute atomic E-state index is 12.6. The molecule has 37 heavy (non-hydrogen) atoms. The molecule has 0 radical (unpaired) electrons. The Hall–Kier alpha value is -4.39. The number of rotatable bonds is 9. The molecule has 1 aromatic heterocycles. The molecule has 1 amide bonds. The van der Waals surface area contributed by atoms with E-state index in [-0.39, 0.29) is 0 Å². The van der Waals surface area contributed by atoms with Crippen molar-refractivity contribution in [2.75, 3.05) is 5.32 Å². The lowest BCUT2D eigenvalue weighted by molar-refractivity contribution is -0.140. The Kier molecular flexibility index (Phi) is 7.43. The molecular weight excluding hydrogens is 468 g/mol. The van der Waals surface area contributed by atoms with Crippen LogP contribution in [0.1, 0.15) is 37.9 Å². The predicted octanol–water partition coefficient (Wildman–Crippen LogP) is 7.06. The molecule has 1 unspecified atom stereocenters. The number of benzene rings is 2. The van der Waals surface area contributed by atoms with Gasteiger partial charge in [0.25, 0.3) is 0 Å². The summed E-state index contributed by atoms with van der Waals surface area (Å²) in [6, 6.07) is 15.3. The minimum absolute atomic E-state index is 0.427. The number of carbonyl (C=O) groups is 2. The van der Waals surface area contributed by atoms with Crippen molar-refractivity contribution in [1.29, 1.82) is 0 Å². The molecule has 1 saturated carbocycles. The van der Waals surface area contributed by atoms with E-state index < -0.39 is 23.6 Å². The summed E-state index contributed by atoms with van der Waals surface area (Å²) in [6.07, 6.45) is 7.43. The summed E-state index contributed by atoms with van der Waals surface area (Å²) >= 11 is 0. The summed E-state index contributed by atoms with van der Waals surface area (Å²) in [5.74, 6) is -0.336. The predicted molar refractivity (Wildman–Crippen MR) is 143 cm³/mol. The van der Waals surface area contributed by atoms with Gasteiger partial charge in [0, 0.05) is 5.56 Å². The number of carboxylic acid groups (broad SMARTS) is 1. The lowest BCUT2D eigenvalue weighted by atomic mass is 9.93. The van der Waals surface area contributed by atoms with Crippen LogP contribution in [0.15, 0.2) is 89.5 Å². The first-order chi connectivity index (χ1) is 17.8. The second-order valence-electron chi connectivity index (χ2n) is 9.09. The summed E-state index contributed by atoms with van der Waals surface area (Å²) in [5.41, 5.74) is 4.60. The number of aliphatic carboxylic acids is 1. The van der Waals surface area contributed by atoms with E-state index in [0.29, 0.717) is 30.0 Å². The molecule has 2 aromatic carbocycles. The van der Waals surface area contributed by atoms with Crippen molar-refractivity contribution in [1.82, 2.24) is 5.16 Å². The highest BCUT2D eigenvalue weighted by Crippen LogP contribution is 2.48. The van der Waals surface area contributed by atoms with Crippen LogP contribution in [-0.2, 0) is 14.9 Å². The number of allylic oxidation sites excluding steroid dienone is 3. The van der Waals surface area contributed by atoms with E-state index in [1.165, 1.54) is 0 Å². The minimum atomic E-state index is -0.763. The average Bonchev–Trinajstić information content (AvgIpc) is 3.64. The van der Waals surface area contributed by atoms with E-state index in [2.05, 4.69) is 17.1 Å². The number of amides is 1. The summed E-state index contributed by atoms with van der Waals surface area (Å²) < 4.78 is 11.1. The van der Waals surface area contributed by atoms with E-state index in [0.717, 1.165) is 27.8 Å². The Morgan fingerprint density at radius 3 is 2.24 bits per heavy atom. The van der Waals surface area contributed by atoms with Crippen LogP contribution in [-0.4, -0.2) is 28.4 Å². The van der Waals surface area contributed by atoms with E-state index in [9.17, 15) is 14.7 Å². The van der Waals surface area contributed by atoms with Crippen molar-refractivity contribution in [3.63, 3.8) is 0 Å². The van der Waals surface area contributed by atoms with Gasteiger partial charge in [-0.3, -0.25) is 10.1 Å². The quantitative estimate of drug-likeness (QED) is 0.306. The molecule has 1 aliphatic carbocycles. The molecule has 1 fully saturated rings. The molecule has 7 nitrogen and oxygen atoms in total. The number of hydrogen-bond acceptors (Lipinski definition) is 5. The molecule has 7 heteroatoms. The summed E-state index contributed by atoms with van der Waals surface area (Å²) in [4.78, 5) is 24.2. The SMILES string of the molecule is C=C/C=C(\C=C/C)C(C)OC(=O)Nc1c(C)noc1-c1ccc(-c2ccc(C3(C(=O)O)CC3)cc2)cc1. The molecule has 190 valence electrons. The molecule has 3 aromatic rings. The van der Waals surface area contributed by atoms with Crippen molar-refractivity contribution in [2.45, 2.75) is 45.1 Å². The number of aromatic nitrogens is 1. The van der Waals surface area contributed by atoms with E-state index >= 15 is 0 Å². The maximum Gasteiger partial charge on any atom is 0.412 e. The van der Waals surface area contributed by atoms with Crippen LogP contribution in [0.25, 0.3) is 22.5 Å². The fourth-order valence-corrected chi connectivity index (χ4v) is 4.28. The Bertz CT molecular complexity index is 1360. The van der Waals surface area contributed by atoms with E-state index in [1.54, 1.807) is 26.0 Å². The van der Waals surface area contributed by atoms with Gasteiger partial charge in [-0.2, -0.15) is 0 Å². The van der Waals surface area contributed by atoms with Gasteiger partial charge in [0.1, 0.15) is 17.5 Å². The van der Waals surface area contributed by atoms with Crippen LogP contribution in [0.4, 0.5) is 10.5 Å². The second kappa shape index (κ2) is 10.7. The Labute approximate surface area is 216 Å². The Balaban J connectivity index is 1.49. The third-order valence-electron chi connectivity index (χ3n) is 6.59. The highest BCUT2D eigenvalue weighted by Gasteiger charge is 2.51. The third-order valence-corrected chi connectivity index (χ3v) is 6.59. The standard InChI is InChI=1S/C30H30N2O5/c1-5-7-21(8-6-2)20(4)36-29(35)31-26-19(3)32-37-27(26)24-11-9-22(10-12-24)23-13-15-25(16-14-23)30(17-18-30)28(33)34/h5-16,20H,1,17-18H2,2-4H3,(H,31,35)(H,33,34)/b8-6-,21-7+. The molecule has 4 rings (SSSR count). The first kappa shape index (κ1) is 25.7. The summed E-state index contributed by atoms with van der Waals surface area (Å²) in [6.45, 7) is 9.12. The number of nitrogens with one attached hydrogen (secondary N) is 1. The fourth-order valence-electron chi connectivity index (χ4n) is 4.28. The average molecular weight is 499 g/mol. The monoisotopic (exact) mass is 498 g/mol. The molecule has 0 spiro atoms. The van der Waals surface area contributed by atoms with Crippen LogP contribution in [0.2, 0.25) is 0 Å². The molecule has 0 aliphatic heterocycles. The Morgan fingerprint density at radius 1 is 1.11 bits per heavy atom. The van der Waals surface area contributed by atoms with E-state index in [1.807, 2.05) is 67.6 Å². The number of carbonyl (C=O) groups excluding carboxylic acids is 1. The van der Waals surface area contributed by atoms with Gasteiger partial charge in [-0.1, -0.05) is 84.6 Å². The number of hydrogen-bond donors (Lipinski definition) is 2. The highest BCUT2D eigenvalue weighted by molar-refractivity contribution is 5.91. The van der Waals surface area contributed by atoms with Crippen LogP contribution in [0.5, 0.6) is 0 Å². The summed E-state index contributed by atoms with van der Waals surface area (Å²) in [5, 5.41) is 16.3. The van der Waals surface area contributed by atoms with Crippen LogP contribution >= 0.6 is 0 Å².